The molecule has 18 heavy (non-hydrogen) atoms. The number of benzene rings is 1. The summed E-state index contributed by atoms with van der Waals surface area (Å²) in [6.45, 7) is 8.19. The number of aryl methyl sites for hydroxylation is 2. The van der Waals surface area contributed by atoms with Crippen molar-refractivity contribution in [2.75, 3.05) is 0 Å². The summed E-state index contributed by atoms with van der Waals surface area (Å²) in [4.78, 5) is 0. The number of rotatable bonds is 2. The van der Waals surface area contributed by atoms with Crippen molar-refractivity contribution in [2.45, 2.75) is 19.8 Å². The molecule has 0 saturated carbocycles. The van der Waals surface area contributed by atoms with Crippen LogP contribution >= 0.6 is 11.6 Å². The Morgan fingerprint density at radius 2 is 1.78 bits per heavy atom. The molecular weight excluding hydrogens is 246 g/mol. The molecule has 1 atom stereocenters. The highest BCUT2D eigenvalue weighted by atomic mass is 35.5. The summed E-state index contributed by atoms with van der Waals surface area (Å²) < 4.78 is 0.774. The van der Waals surface area contributed by atoms with Gasteiger partial charge < -0.3 is 5.21 Å². The van der Waals surface area contributed by atoms with E-state index in [0.717, 1.165) is 32.0 Å². The summed E-state index contributed by atoms with van der Waals surface area (Å²) in [6, 6.07) is 7.62. The zero-order valence-corrected chi connectivity index (χ0v) is 11.2. The molecule has 1 radical (unpaired) electrons. The van der Waals surface area contributed by atoms with Gasteiger partial charge in [0.2, 0.25) is 0 Å². The van der Waals surface area contributed by atoms with Crippen molar-refractivity contribution in [1.29, 1.82) is 0 Å². The summed E-state index contributed by atoms with van der Waals surface area (Å²) in [5, 5.41) is 11.8. The van der Waals surface area contributed by atoms with E-state index >= 15 is 0 Å². The first-order chi connectivity index (χ1) is 8.49. The molecule has 0 N–H and O–H groups in total. The second-order valence-corrected chi connectivity index (χ2v) is 4.91. The lowest BCUT2D eigenvalue weighted by molar-refractivity contribution is -0.605. The highest BCUT2D eigenvalue weighted by Gasteiger charge is 2.13. The van der Waals surface area contributed by atoms with Crippen LogP contribution in [0.25, 0.3) is 0 Å². The van der Waals surface area contributed by atoms with Crippen LogP contribution in [0.5, 0.6) is 0 Å². The van der Waals surface area contributed by atoms with Crippen LogP contribution in [0.2, 0.25) is 5.02 Å². The van der Waals surface area contributed by atoms with E-state index in [2.05, 4.69) is 13.0 Å². The van der Waals surface area contributed by atoms with Crippen LogP contribution in [0.3, 0.4) is 0 Å². The SMILES string of the molecule is [CH2][C@@H](c1cc[n+]([O-])cc1)c1cc(C)c(Cl)cc1C. The molecule has 1 aromatic carbocycles. The van der Waals surface area contributed by atoms with Crippen LogP contribution in [0.15, 0.2) is 36.7 Å². The zero-order valence-electron chi connectivity index (χ0n) is 10.5. The summed E-state index contributed by atoms with van der Waals surface area (Å²) in [5.74, 6) is 0.00201. The number of nitrogens with zero attached hydrogens (tertiary/aromatic N) is 1. The van der Waals surface area contributed by atoms with E-state index in [9.17, 15) is 5.21 Å². The van der Waals surface area contributed by atoms with Gasteiger partial charge in [0.25, 0.3) is 0 Å². The monoisotopic (exact) mass is 260 g/mol. The second-order valence-electron chi connectivity index (χ2n) is 4.50. The maximum absolute atomic E-state index is 11.0. The Morgan fingerprint density at radius 3 is 2.39 bits per heavy atom. The number of aromatic nitrogens is 1. The van der Waals surface area contributed by atoms with E-state index in [4.69, 9.17) is 11.6 Å². The number of halogens is 1. The van der Waals surface area contributed by atoms with E-state index in [-0.39, 0.29) is 5.92 Å². The number of hydrogen-bond donors (Lipinski definition) is 0. The van der Waals surface area contributed by atoms with Crippen molar-refractivity contribution in [1.82, 2.24) is 0 Å². The highest BCUT2D eigenvalue weighted by Crippen LogP contribution is 2.29. The van der Waals surface area contributed by atoms with Gasteiger partial charge in [-0.15, -0.1) is 0 Å². The predicted molar refractivity (Wildman–Crippen MR) is 73.5 cm³/mol. The maximum Gasteiger partial charge on any atom is 0.180 e. The number of hydrogen-bond acceptors (Lipinski definition) is 1. The van der Waals surface area contributed by atoms with Crippen LogP contribution in [-0.2, 0) is 0 Å². The van der Waals surface area contributed by atoms with E-state index in [1.54, 1.807) is 12.1 Å². The molecule has 0 amide bonds. The molecule has 0 aliphatic rings. The topological polar surface area (TPSA) is 26.9 Å². The summed E-state index contributed by atoms with van der Waals surface area (Å²) in [5.41, 5.74) is 4.32. The second kappa shape index (κ2) is 4.99. The fraction of sp³-hybridized carbons (Fsp3) is 0.200. The smallest absolute Gasteiger partial charge is 0.180 e. The van der Waals surface area contributed by atoms with E-state index < -0.39 is 0 Å². The molecule has 93 valence electrons. The Kier molecular flexibility index (Phi) is 3.58. The minimum Gasteiger partial charge on any atom is -0.619 e. The van der Waals surface area contributed by atoms with Crippen molar-refractivity contribution in [2.24, 2.45) is 0 Å². The predicted octanol–water partition coefficient (Wildman–Crippen LogP) is 3.56. The fourth-order valence-electron chi connectivity index (χ4n) is 2.01. The van der Waals surface area contributed by atoms with Gasteiger partial charge in [-0.05, 0) is 49.1 Å². The van der Waals surface area contributed by atoms with Crippen LogP contribution in [-0.4, -0.2) is 0 Å². The Balaban J connectivity index is 2.42. The molecule has 0 bridgehead atoms. The lowest BCUT2D eigenvalue weighted by Crippen LogP contribution is -2.24. The Bertz CT molecular complexity index is 563. The van der Waals surface area contributed by atoms with Crippen LogP contribution in [0.4, 0.5) is 0 Å². The molecular formula is C15H15ClNO. The quantitative estimate of drug-likeness (QED) is 0.599. The third-order valence-corrected chi connectivity index (χ3v) is 3.56. The molecule has 0 aliphatic heterocycles. The molecule has 1 heterocycles. The zero-order chi connectivity index (χ0) is 13.3. The first kappa shape index (κ1) is 12.9. The fourth-order valence-corrected chi connectivity index (χ4v) is 2.23. The molecule has 2 aromatic rings. The minimum atomic E-state index is 0.00201. The average Bonchev–Trinajstić information content (AvgIpc) is 2.34. The first-order valence-corrected chi connectivity index (χ1v) is 6.15. The van der Waals surface area contributed by atoms with Gasteiger partial charge in [-0.3, -0.25) is 0 Å². The molecule has 0 aliphatic carbocycles. The van der Waals surface area contributed by atoms with E-state index in [1.807, 2.05) is 19.9 Å². The molecule has 2 rings (SSSR count). The molecule has 1 aromatic heterocycles. The standard InChI is InChI=1S/C15H15ClNO/c1-10-9-15(16)11(2)8-14(10)12(3)13-4-6-17(18)7-5-13/h4-9,12H,3H2,1-2H3/t12-/m0/s1. The minimum absolute atomic E-state index is 0.00201. The lowest BCUT2D eigenvalue weighted by Gasteiger charge is -2.16. The Hall–Kier alpha value is -1.54. The normalized spacial score (nSPS) is 12.4. The summed E-state index contributed by atoms with van der Waals surface area (Å²) in [6.07, 6.45) is 2.98. The van der Waals surface area contributed by atoms with Gasteiger partial charge in [0.15, 0.2) is 12.4 Å². The molecule has 0 fully saturated rings. The van der Waals surface area contributed by atoms with Crippen molar-refractivity contribution >= 4 is 11.6 Å². The van der Waals surface area contributed by atoms with Crippen LogP contribution in [0.1, 0.15) is 28.2 Å². The van der Waals surface area contributed by atoms with E-state index in [1.165, 1.54) is 12.4 Å². The maximum atomic E-state index is 11.0. The van der Waals surface area contributed by atoms with E-state index in [0.29, 0.717) is 0 Å². The molecule has 0 unspecified atom stereocenters. The van der Waals surface area contributed by atoms with Crippen LogP contribution in [0, 0.1) is 26.0 Å². The average molecular weight is 261 g/mol. The largest absolute Gasteiger partial charge is 0.619 e. The van der Waals surface area contributed by atoms with Gasteiger partial charge in [-0.1, -0.05) is 17.7 Å². The van der Waals surface area contributed by atoms with Crippen molar-refractivity contribution in [3.63, 3.8) is 0 Å². The number of pyridine rings is 1. The summed E-state index contributed by atoms with van der Waals surface area (Å²) >= 11 is 6.09. The lowest BCUT2D eigenvalue weighted by atomic mass is 9.89. The third-order valence-electron chi connectivity index (χ3n) is 3.15. The molecule has 0 saturated heterocycles. The van der Waals surface area contributed by atoms with Gasteiger partial charge in [0, 0.05) is 23.1 Å². The highest BCUT2D eigenvalue weighted by molar-refractivity contribution is 6.31. The first-order valence-electron chi connectivity index (χ1n) is 5.77. The van der Waals surface area contributed by atoms with Crippen molar-refractivity contribution in [3.8, 4) is 0 Å². The van der Waals surface area contributed by atoms with Gasteiger partial charge in [0.05, 0.1) is 0 Å². The third kappa shape index (κ3) is 2.49. The summed E-state index contributed by atoms with van der Waals surface area (Å²) in [7, 11) is 0. The van der Waals surface area contributed by atoms with Gasteiger partial charge in [0.1, 0.15) is 0 Å². The van der Waals surface area contributed by atoms with Crippen LogP contribution < -0.4 is 4.73 Å². The van der Waals surface area contributed by atoms with Gasteiger partial charge in [-0.2, -0.15) is 4.73 Å². The molecule has 3 heteroatoms. The van der Waals surface area contributed by atoms with Gasteiger partial charge >= 0.3 is 0 Å². The molecule has 0 spiro atoms. The Morgan fingerprint density at radius 1 is 1.17 bits per heavy atom. The molecule has 2 nitrogen and oxygen atoms in total. The van der Waals surface area contributed by atoms with Gasteiger partial charge in [-0.25, -0.2) is 0 Å². The Labute approximate surface area is 112 Å². The van der Waals surface area contributed by atoms with Crippen molar-refractivity contribution < 1.29 is 4.73 Å². The van der Waals surface area contributed by atoms with Crippen molar-refractivity contribution in [3.05, 3.63) is 76.1 Å².